The molecule has 0 radical (unpaired) electrons. The second-order valence-electron chi connectivity index (χ2n) is 6.40. The lowest BCUT2D eigenvalue weighted by atomic mass is 9.80. The van der Waals surface area contributed by atoms with Gasteiger partial charge in [0, 0.05) is 6.54 Å². The molecule has 0 aliphatic rings. The van der Waals surface area contributed by atoms with Crippen LogP contribution < -0.4 is 5.32 Å². The van der Waals surface area contributed by atoms with Gasteiger partial charge in [-0.2, -0.15) is 0 Å². The van der Waals surface area contributed by atoms with Crippen LogP contribution in [-0.2, 0) is 16.1 Å². The second kappa shape index (κ2) is 6.24. The van der Waals surface area contributed by atoms with Crippen LogP contribution in [0.1, 0.15) is 37.5 Å². The van der Waals surface area contributed by atoms with Crippen molar-refractivity contribution in [1.29, 1.82) is 0 Å². The number of carbonyl (C=O) groups is 2. The van der Waals surface area contributed by atoms with Gasteiger partial charge in [0.25, 0.3) is 0 Å². The average molecular weight is 295 g/mol. The number of hydrogen-bond acceptors (Lipinski definition) is 2. The molecule has 0 aromatic heterocycles. The molecular formula is C16H22FNO3. The third kappa shape index (κ3) is 4.28. The van der Waals surface area contributed by atoms with Gasteiger partial charge in [-0.1, -0.05) is 32.9 Å². The number of aliphatic carboxylic acids is 1. The van der Waals surface area contributed by atoms with Crippen molar-refractivity contribution in [3.8, 4) is 0 Å². The van der Waals surface area contributed by atoms with E-state index in [1.54, 1.807) is 46.8 Å². The van der Waals surface area contributed by atoms with E-state index >= 15 is 0 Å². The highest BCUT2D eigenvalue weighted by atomic mass is 19.1. The van der Waals surface area contributed by atoms with E-state index in [1.807, 2.05) is 0 Å². The smallest absolute Gasteiger partial charge is 0.316 e. The first-order valence-electron chi connectivity index (χ1n) is 6.80. The zero-order valence-electron chi connectivity index (χ0n) is 13.1. The molecule has 1 unspecified atom stereocenters. The zero-order chi connectivity index (χ0) is 16.4. The molecule has 0 aliphatic heterocycles. The molecular weight excluding hydrogens is 273 g/mol. The van der Waals surface area contributed by atoms with Gasteiger partial charge in [-0.3, -0.25) is 9.59 Å². The monoisotopic (exact) mass is 295 g/mol. The SMILES string of the molecule is Cc1cc(CNC(=O)C(C(=O)O)C(C)(C)C)cc(C)c1F. The first-order chi connectivity index (χ1) is 9.54. The number of carboxylic acids is 1. The molecule has 0 spiro atoms. The third-order valence-corrected chi connectivity index (χ3v) is 3.34. The summed E-state index contributed by atoms with van der Waals surface area (Å²) in [6, 6.07) is 3.30. The van der Waals surface area contributed by atoms with Crippen molar-refractivity contribution < 1.29 is 19.1 Å². The maximum Gasteiger partial charge on any atom is 0.316 e. The number of rotatable bonds is 4. The Morgan fingerprint density at radius 1 is 1.24 bits per heavy atom. The molecule has 0 fully saturated rings. The number of carboxylic acid groups (broad SMARTS) is 1. The van der Waals surface area contributed by atoms with Crippen LogP contribution in [0.3, 0.4) is 0 Å². The van der Waals surface area contributed by atoms with Crippen molar-refractivity contribution in [2.75, 3.05) is 0 Å². The first-order valence-corrected chi connectivity index (χ1v) is 6.80. The van der Waals surface area contributed by atoms with Gasteiger partial charge < -0.3 is 10.4 Å². The highest BCUT2D eigenvalue weighted by molar-refractivity contribution is 5.97. The minimum absolute atomic E-state index is 0.181. The molecule has 1 aromatic carbocycles. The van der Waals surface area contributed by atoms with Gasteiger partial charge >= 0.3 is 5.97 Å². The van der Waals surface area contributed by atoms with Crippen LogP contribution in [0, 0.1) is 31.0 Å². The molecule has 1 atom stereocenters. The lowest BCUT2D eigenvalue weighted by Gasteiger charge is -2.26. The Balaban J connectivity index is 2.83. The molecule has 1 aromatic rings. The van der Waals surface area contributed by atoms with E-state index in [2.05, 4.69) is 5.32 Å². The fourth-order valence-corrected chi connectivity index (χ4v) is 2.30. The van der Waals surface area contributed by atoms with E-state index in [9.17, 15) is 19.1 Å². The Morgan fingerprint density at radius 3 is 2.10 bits per heavy atom. The summed E-state index contributed by atoms with van der Waals surface area (Å²) < 4.78 is 13.5. The molecule has 0 saturated heterocycles. The van der Waals surface area contributed by atoms with Gasteiger partial charge in [-0.25, -0.2) is 4.39 Å². The van der Waals surface area contributed by atoms with E-state index < -0.39 is 23.2 Å². The van der Waals surface area contributed by atoms with E-state index in [0.717, 1.165) is 5.56 Å². The van der Waals surface area contributed by atoms with Gasteiger partial charge in [0.05, 0.1) is 0 Å². The topological polar surface area (TPSA) is 66.4 Å². The maximum absolute atomic E-state index is 13.5. The molecule has 0 saturated carbocycles. The Kier molecular flexibility index (Phi) is 5.10. The Morgan fingerprint density at radius 2 is 1.71 bits per heavy atom. The van der Waals surface area contributed by atoms with Crippen molar-refractivity contribution in [3.05, 3.63) is 34.6 Å². The largest absolute Gasteiger partial charge is 0.481 e. The second-order valence-corrected chi connectivity index (χ2v) is 6.40. The summed E-state index contributed by atoms with van der Waals surface area (Å²) in [5.41, 5.74) is 1.08. The predicted molar refractivity (Wildman–Crippen MR) is 78.3 cm³/mol. The zero-order valence-corrected chi connectivity index (χ0v) is 13.1. The van der Waals surface area contributed by atoms with Gasteiger partial charge in [0.2, 0.25) is 5.91 Å². The minimum Gasteiger partial charge on any atom is -0.481 e. The number of aryl methyl sites for hydroxylation is 2. The van der Waals surface area contributed by atoms with Crippen molar-refractivity contribution in [3.63, 3.8) is 0 Å². The van der Waals surface area contributed by atoms with Crippen LogP contribution in [0.2, 0.25) is 0 Å². The number of amides is 1. The number of hydrogen-bond donors (Lipinski definition) is 2. The number of halogens is 1. The maximum atomic E-state index is 13.5. The quantitative estimate of drug-likeness (QED) is 0.839. The lowest BCUT2D eigenvalue weighted by Crippen LogP contribution is -2.42. The van der Waals surface area contributed by atoms with Crippen LogP contribution in [0.5, 0.6) is 0 Å². The predicted octanol–water partition coefficient (Wildman–Crippen LogP) is 2.81. The standard InChI is InChI=1S/C16H22FNO3/c1-9-6-11(7-10(2)13(9)17)8-18-14(19)12(15(20)21)16(3,4)5/h6-7,12H,8H2,1-5H3,(H,18,19)(H,20,21). The van der Waals surface area contributed by atoms with Gasteiger partial charge in [0.1, 0.15) is 11.7 Å². The average Bonchev–Trinajstić information content (AvgIpc) is 2.30. The van der Waals surface area contributed by atoms with Crippen LogP contribution in [-0.4, -0.2) is 17.0 Å². The third-order valence-electron chi connectivity index (χ3n) is 3.34. The summed E-state index contributed by atoms with van der Waals surface area (Å²) in [5.74, 6) is -3.07. The number of benzene rings is 1. The Bertz CT molecular complexity index is 538. The molecule has 5 heteroatoms. The lowest BCUT2D eigenvalue weighted by molar-refractivity contribution is -0.151. The van der Waals surface area contributed by atoms with Crippen molar-refractivity contribution in [2.45, 2.75) is 41.2 Å². The fourth-order valence-electron chi connectivity index (χ4n) is 2.30. The molecule has 116 valence electrons. The number of nitrogens with one attached hydrogen (secondary N) is 1. The molecule has 2 N–H and O–H groups in total. The summed E-state index contributed by atoms with van der Waals surface area (Å²) in [4.78, 5) is 23.3. The summed E-state index contributed by atoms with van der Waals surface area (Å²) in [6.45, 7) is 8.61. The van der Waals surface area contributed by atoms with E-state index in [-0.39, 0.29) is 12.4 Å². The van der Waals surface area contributed by atoms with Crippen molar-refractivity contribution in [1.82, 2.24) is 5.32 Å². The first kappa shape index (κ1) is 17.1. The normalized spacial score (nSPS) is 12.9. The summed E-state index contributed by atoms with van der Waals surface area (Å²) in [5, 5.41) is 11.8. The Hall–Kier alpha value is -1.91. The molecule has 0 heterocycles. The van der Waals surface area contributed by atoms with Crippen molar-refractivity contribution >= 4 is 11.9 Å². The fraction of sp³-hybridized carbons (Fsp3) is 0.500. The van der Waals surface area contributed by atoms with Crippen LogP contribution >= 0.6 is 0 Å². The van der Waals surface area contributed by atoms with Gasteiger partial charge in [-0.05, 0) is 36.0 Å². The number of carbonyl (C=O) groups excluding carboxylic acids is 1. The highest BCUT2D eigenvalue weighted by Crippen LogP contribution is 2.26. The summed E-state index contributed by atoms with van der Waals surface area (Å²) >= 11 is 0. The van der Waals surface area contributed by atoms with Crippen LogP contribution in [0.4, 0.5) is 4.39 Å². The molecule has 0 aliphatic carbocycles. The van der Waals surface area contributed by atoms with E-state index in [0.29, 0.717) is 11.1 Å². The van der Waals surface area contributed by atoms with E-state index in [1.165, 1.54) is 0 Å². The van der Waals surface area contributed by atoms with Crippen LogP contribution in [0.25, 0.3) is 0 Å². The van der Waals surface area contributed by atoms with Crippen molar-refractivity contribution in [2.24, 2.45) is 11.3 Å². The van der Waals surface area contributed by atoms with Gasteiger partial charge in [0.15, 0.2) is 0 Å². The molecule has 1 rings (SSSR count). The summed E-state index contributed by atoms with van der Waals surface area (Å²) in [7, 11) is 0. The molecule has 4 nitrogen and oxygen atoms in total. The summed E-state index contributed by atoms with van der Waals surface area (Å²) in [6.07, 6.45) is 0. The van der Waals surface area contributed by atoms with E-state index in [4.69, 9.17) is 0 Å². The molecule has 1 amide bonds. The molecule has 0 bridgehead atoms. The Labute approximate surface area is 124 Å². The highest BCUT2D eigenvalue weighted by Gasteiger charge is 2.37. The van der Waals surface area contributed by atoms with Crippen LogP contribution in [0.15, 0.2) is 12.1 Å². The minimum atomic E-state index is -1.15. The van der Waals surface area contributed by atoms with Gasteiger partial charge in [-0.15, -0.1) is 0 Å². The molecule has 21 heavy (non-hydrogen) atoms.